The zero-order valence-corrected chi connectivity index (χ0v) is 10.7. The van der Waals surface area contributed by atoms with E-state index in [-0.39, 0.29) is 12.3 Å². The van der Waals surface area contributed by atoms with Gasteiger partial charge in [-0.05, 0) is 30.2 Å². The van der Waals surface area contributed by atoms with E-state index in [0.29, 0.717) is 11.3 Å². The van der Waals surface area contributed by atoms with Crippen molar-refractivity contribution in [2.45, 2.75) is 13.3 Å². The minimum absolute atomic E-state index is 0.0479. The molecule has 1 heterocycles. The van der Waals surface area contributed by atoms with Crippen LogP contribution < -0.4 is 10.6 Å². The minimum Gasteiger partial charge on any atom is -0.481 e. The fourth-order valence-corrected chi connectivity index (χ4v) is 1.83. The number of nitrogens with one attached hydrogen (secondary N) is 2. The van der Waals surface area contributed by atoms with Gasteiger partial charge in [0.2, 0.25) is 0 Å². The van der Waals surface area contributed by atoms with E-state index in [0.717, 1.165) is 24.2 Å². The highest BCUT2D eigenvalue weighted by molar-refractivity contribution is 6.04. The second-order valence-corrected chi connectivity index (χ2v) is 4.56. The van der Waals surface area contributed by atoms with Gasteiger partial charge in [0, 0.05) is 24.4 Å². The number of aliphatic carboxylic acids is 1. The Morgan fingerprint density at radius 3 is 2.68 bits per heavy atom. The normalized spacial score (nSPS) is 13.6. The SMILES string of the molecule is CC(C(=O)Nc1cccc(CC(=O)O)c1)=C1CNC1. The van der Waals surface area contributed by atoms with Crippen LogP contribution in [-0.2, 0) is 16.0 Å². The average molecular weight is 260 g/mol. The van der Waals surface area contributed by atoms with Crippen LogP contribution in [0.25, 0.3) is 0 Å². The standard InChI is InChI=1S/C14H16N2O3/c1-9(11-7-15-8-11)14(19)16-12-4-2-3-10(5-12)6-13(17)18/h2-5,15H,6-8H2,1H3,(H,16,19)(H,17,18). The summed E-state index contributed by atoms with van der Waals surface area (Å²) in [5.41, 5.74) is 3.12. The molecule has 0 unspecified atom stereocenters. The largest absolute Gasteiger partial charge is 0.481 e. The van der Waals surface area contributed by atoms with Gasteiger partial charge in [0.15, 0.2) is 0 Å². The lowest BCUT2D eigenvalue weighted by molar-refractivity contribution is -0.136. The number of hydrogen-bond donors (Lipinski definition) is 3. The smallest absolute Gasteiger partial charge is 0.307 e. The van der Waals surface area contributed by atoms with Gasteiger partial charge in [0.25, 0.3) is 5.91 Å². The highest BCUT2D eigenvalue weighted by Crippen LogP contribution is 2.15. The van der Waals surface area contributed by atoms with Gasteiger partial charge < -0.3 is 15.7 Å². The summed E-state index contributed by atoms with van der Waals surface area (Å²) in [7, 11) is 0. The lowest BCUT2D eigenvalue weighted by Crippen LogP contribution is -2.36. The van der Waals surface area contributed by atoms with E-state index in [9.17, 15) is 9.59 Å². The highest BCUT2D eigenvalue weighted by Gasteiger charge is 2.16. The topological polar surface area (TPSA) is 78.4 Å². The van der Waals surface area contributed by atoms with Crippen molar-refractivity contribution in [1.82, 2.24) is 5.32 Å². The number of carboxylic acid groups (broad SMARTS) is 1. The molecule has 5 heteroatoms. The molecule has 0 aromatic heterocycles. The average Bonchev–Trinajstić information content (AvgIpc) is 2.26. The van der Waals surface area contributed by atoms with E-state index in [1.54, 1.807) is 31.2 Å². The van der Waals surface area contributed by atoms with Crippen molar-refractivity contribution in [2.24, 2.45) is 0 Å². The number of rotatable bonds is 4. The summed E-state index contributed by atoms with van der Waals surface area (Å²) < 4.78 is 0. The number of amides is 1. The maximum absolute atomic E-state index is 12.0. The molecule has 1 aromatic rings. The summed E-state index contributed by atoms with van der Waals surface area (Å²) in [4.78, 5) is 22.6. The van der Waals surface area contributed by atoms with Gasteiger partial charge in [-0.2, -0.15) is 0 Å². The summed E-state index contributed by atoms with van der Waals surface area (Å²) in [5, 5.41) is 14.6. The third kappa shape index (κ3) is 3.42. The lowest BCUT2D eigenvalue weighted by atomic mass is 10.0. The molecule has 0 saturated carbocycles. The van der Waals surface area contributed by atoms with Crippen LogP contribution in [-0.4, -0.2) is 30.1 Å². The number of hydrogen-bond acceptors (Lipinski definition) is 3. The van der Waals surface area contributed by atoms with Crippen LogP contribution in [0.2, 0.25) is 0 Å². The predicted molar refractivity (Wildman–Crippen MR) is 72.0 cm³/mol. The van der Waals surface area contributed by atoms with Gasteiger partial charge in [0.05, 0.1) is 6.42 Å². The molecule has 0 atom stereocenters. The molecule has 100 valence electrons. The lowest BCUT2D eigenvalue weighted by Gasteiger charge is -2.21. The molecule has 1 saturated heterocycles. The summed E-state index contributed by atoms with van der Waals surface area (Å²) in [5.74, 6) is -1.02. The Labute approximate surface area is 111 Å². The molecule has 0 radical (unpaired) electrons. The molecule has 1 aliphatic rings. The maximum Gasteiger partial charge on any atom is 0.307 e. The number of carboxylic acids is 1. The molecule has 0 bridgehead atoms. The maximum atomic E-state index is 12.0. The third-order valence-corrected chi connectivity index (χ3v) is 3.09. The molecule has 1 fully saturated rings. The van der Waals surface area contributed by atoms with Crippen LogP contribution in [0.5, 0.6) is 0 Å². The third-order valence-electron chi connectivity index (χ3n) is 3.09. The minimum atomic E-state index is -0.887. The first-order valence-electron chi connectivity index (χ1n) is 6.07. The van der Waals surface area contributed by atoms with Crippen molar-refractivity contribution in [3.8, 4) is 0 Å². The van der Waals surface area contributed by atoms with E-state index in [1.165, 1.54) is 0 Å². The molecule has 19 heavy (non-hydrogen) atoms. The monoisotopic (exact) mass is 260 g/mol. The number of carbonyl (C=O) groups excluding carboxylic acids is 1. The van der Waals surface area contributed by atoms with Crippen LogP contribution in [0.4, 0.5) is 5.69 Å². The Kier molecular flexibility index (Phi) is 3.97. The van der Waals surface area contributed by atoms with Crippen LogP contribution in [0.1, 0.15) is 12.5 Å². The van der Waals surface area contributed by atoms with Crippen molar-refractivity contribution in [3.05, 3.63) is 41.0 Å². The van der Waals surface area contributed by atoms with Gasteiger partial charge in [-0.3, -0.25) is 9.59 Å². The molecule has 1 amide bonds. The fourth-order valence-electron chi connectivity index (χ4n) is 1.83. The molecule has 5 nitrogen and oxygen atoms in total. The Morgan fingerprint density at radius 1 is 1.37 bits per heavy atom. The molecule has 2 rings (SSSR count). The fraction of sp³-hybridized carbons (Fsp3) is 0.286. The highest BCUT2D eigenvalue weighted by atomic mass is 16.4. The van der Waals surface area contributed by atoms with Crippen LogP contribution >= 0.6 is 0 Å². The first kappa shape index (κ1) is 13.3. The Hall–Kier alpha value is -2.14. The van der Waals surface area contributed by atoms with E-state index >= 15 is 0 Å². The van der Waals surface area contributed by atoms with Crippen LogP contribution in [0.15, 0.2) is 35.4 Å². The Morgan fingerprint density at radius 2 is 2.11 bits per heavy atom. The van der Waals surface area contributed by atoms with E-state index in [4.69, 9.17) is 5.11 Å². The first-order chi connectivity index (χ1) is 9.06. The van der Waals surface area contributed by atoms with Crippen molar-refractivity contribution in [1.29, 1.82) is 0 Å². The van der Waals surface area contributed by atoms with Gasteiger partial charge >= 0.3 is 5.97 Å². The zero-order chi connectivity index (χ0) is 13.8. The molecule has 0 aliphatic carbocycles. The van der Waals surface area contributed by atoms with Crippen LogP contribution in [0.3, 0.4) is 0 Å². The van der Waals surface area contributed by atoms with Crippen molar-refractivity contribution in [3.63, 3.8) is 0 Å². The number of anilines is 1. The Bertz CT molecular complexity index is 543. The second kappa shape index (κ2) is 5.67. The second-order valence-electron chi connectivity index (χ2n) is 4.56. The van der Waals surface area contributed by atoms with Crippen LogP contribution in [0, 0.1) is 0 Å². The van der Waals surface area contributed by atoms with Gasteiger partial charge in [-0.15, -0.1) is 0 Å². The zero-order valence-electron chi connectivity index (χ0n) is 10.7. The van der Waals surface area contributed by atoms with Gasteiger partial charge in [-0.25, -0.2) is 0 Å². The molecule has 1 aliphatic heterocycles. The summed E-state index contributed by atoms with van der Waals surface area (Å²) in [6.07, 6.45) is -0.0479. The van der Waals surface area contributed by atoms with E-state index in [1.807, 2.05) is 0 Å². The van der Waals surface area contributed by atoms with Crippen molar-refractivity contribution >= 4 is 17.6 Å². The van der Waals surface area contributed by atoms with Crippen molar-refractivity contribution in [2.75, 3.05) is 18.4 Å². The molecule has 3 N–H and O–H groups in total. The van der Waals surface area contributed by atoms with Gasteiger partial charge in [0.1, 0.15) is 0 Å². The van der Waals surface area contributed by atoms with Crippen molar-refractivity contribution < 1.29 is 14.7 Å². The quantitative estimate of drug-likeness (QED) is 0.710. The summed E-state index contributed by atoms with van der Waals surface area (Å²) >= 11 is 0. The Balaban J connectivity index is 2.06. The predicted octanol–water partition coefficient (Wildman–Crippen LogP) is 1.17. The molecular weight excluding hydrogens is 244 g/mol. The van der Waals surface area contributed by atoms with E-state index in [2.05, 4.69) is 10.6 Å². The summed E-state index contributed by atoms with van der Waals surface area (Å²) in [6.45, 7) is 3.32. The van der Waals surface area contributed by atoms with E-state index < -0.39 is 5.97 Å². The molecule has 0 spiro atoms. The van der Waals surface area contributed by atoms with Gasteiger partial charge in [-0.1, -0.05) is 12.1 Å². The number of benzene rings is 1. The summed E-state index contributed by atoms with van der Waals surface area (Å²) in [6, 6.07) is 6.90. The molecular formula is C14H16N2O3. The molecule has 1 aromatic carbocycles. The first-order valence-corrected chi connectivity index (χ1v) is 6.07. The number of carbonyl (C=O) groups is 2.